The van der Waals surface area contributed by atoms with Crippen LogP contribution in [0.4, 0.5) is 4.79 Å². The maximum Gasteiger partial charge on any atom is 0.410 e. The van der Waals surface area contributed by atoms with Crippen molar-refractivity contribution in [1.29, 1.82) is 5.26 Å². The van der Waals surface area contributed by atoms with Crippen molar-refractivity contribution in [2.24, 2.45) is 11.8 Å². The first-order valence-corrected chi connectivity index (χ1v) is 8.35. The molecule has 0 spiro atoms. The van der Waals surface area contributed by atoms with Gasteiger partial charge in [0.25, 0.3) is 0 Å². The molecular weight excluding hydrogens is 294 g/mol. The number of hydrogen-bond acceptors (Lipinski definition) is 4. The van der Waals surface area contributed by atoms with Gasteiger partial charge in [0.15, 0.2) is 0 Å². The molecule has 1 aliphatic rings. The fraction of sp³-hybridized carbons (Fsp3) is 0.824. The van der Waals surface area contributed by atoms with Crippen LogP contribution in [0.5, 0.6) is 0 Å². The van der Waals surface area contributed by atoms with Crippen LogP contribution in [0.1, 0.15) is 53.4 Å². The lowest BCUT2D eigenvalue weighted by Crippen LogP contribution is -2.41. The van der Waals surface area contributed by atoms with Gasteiger partial charge in [0.05, 0.1) is 12.0 Å². The van der Waals surface area contributed by atoms with Crippen LogP contribution in [0.15, 0.2) is 0 Å². The summed E-state index contributed by atoms with van der Waals surface area (Å²) in [5, 5.41) is 11.5. The van der Waals surface area contributed by atoms with E-state index in [9.17, 15) is 9.59 Å². The second-order valence-electron chi connectivity index (χ2n) is 7.28. The van der Waals surface area contributed by atoms with Gasteiger partial charge in [-0.2, -0.15) is 5.26 Å². The van der Waals surface area contributed by atoms with Gasteiger partial charge in [0.1, 0.15) is 5.60 Å². The van der Waals surface area contributed by atoms with Crippen molar-refractivity contribution in [3.05, 3.63) is 0 Å². The topological polar surface area (TPSA) is 82.4 Å². The fourth-order valence-electron chi connectivity index (χ4n) is 2.47. The highest BCUT2D eigenvalue weighted by Crippen LogP contribution is 2.23. The van der Waals surface area contributed by atoms with Crippen molar-refractivity contribution in [3.8, 4) is 6.07 Å². The van der Waals surface area contributed by atoms with E-state index in [2.05, 4.69) is 11.4 Å². The smallest absolute Gasteiger partial charge is 0.410 e. The van der Waals surface area contributed by atoms with E-state index in [0.717, 1.165) is 19.3 Å². The van der Waals surface area contributed by atoms with Crippen molar-refractivity contribution in [3.63, 3.8) is 0 Å². The molecule has 6 heteroatoms. The molecule has 130 valence electrons. The lowest BCUT2D eigenvalue weighted by Gasteiger charge is -2.33. The Morgan fingerprint density at radius 3 is 2.48 bits per heavy atom. The molecule has 0 aliphatic carbocycles. The Bertz CT molecular complexity index is 443. The second-order valence-corrected chi connectivity index (χ2v) is 7.28. The van der Waals surface area contributed by atoms with E-state index in [1.807, 2.05) is 20.8 Å². The highest BCUT2D eigenvalue weighted by atomic mass is 16.6. The minimum atomic E-state index is -0.466. The van der Waals surface area contributed by atoms with Gasteiger partial charge < -0.3 is 15.0 Å². The molecule has 2 amide bonds. The number of carbonyl (C=O) groups is 2. The monoisotopic (exact) mass is 323 g/mol. The van der Waals surface area contributed by atoms with E-state index in [0.29, 0.717) is 32.0 Å². The average Bonchev–Trinajstić information content (AvgIpc) is 2.49. The third-order valence-corrected chi connectivity index (χ3v) is 3.87. The number of likely N-dealkylation sites (tertiary alicyclic amines) is 1. The number of nitriles is 1. The average molecular weight is 323 g/mol. The molecule has 1 N–H and O–H groups in total. The summed E-state index contributed by atoms with van der Waals surface area (Å²) in [6, 6.07) is 2.09. The Hall–Kier alpha value is -1.77. The molecule has 0 aromatic carbocycles. The number of piperidine rings is 1. The Labute approximate surface area is 139 Å². The minimum absolute atomic E-state index is 0.00155. The third-order valence-electron chi connectivity index (χ3n) is 3.87. The zero-order valence-corrected chi connectivity index (χ0v) is 14.7. The van der Waals surface area contributed by atoms with Crippen LogP contribution in [-0.4, -0.2) is 42.1 Å². The maximum atomic E-state index is 12.0. The molecule has 0 saturated carbocycles. The second kappa shape index (κ2) is 8.76. The van der Waals surface area contributed by atoms with E-state index in [-0.39, 0.29) is 17.9 Å². The Morgan fingerprint density at radius 2 is 1.96 bits per heavy atom. The first-order valence-electron chi connectivity index (χ1n) is 8.35. The Morgan fingerprint density at radius 1 is 1.35 bits per heavy atom. The molecule has 1 atom stereocenters. The van der Waals surface area contributed by atoms with Gasteiger partial charge in [0, 0.05) is 26.1 Å². The van der Waals surface area contributed by atoms with E-state index in [4.69, 9.17) is 10.00 Å². The molecule has 0 aromatic heterocycles. The van der Waals surface area contributed by atoms with Gasteiger partial charge in [-0.15, -0.1) is 0 Å². The zero-order valence-electron chi connectivity index (χ0n) is 14.7. The number of nitrogens with one attached hydrogen (secondary N) is 1. The first-order chi connectivity index (χ1) is 10.7. The molecular formula is C17H29N3O3. The van der Waals surface area contributed by atoms with Crippen molar-refractivity contribution < 1.29 is 14.3 Å². The van der Waals surface area contributed by atoms with Crippen molar-refractivity contribution in [2.45, 2.75) is 59.0 Å². The van der Waals surface area contributed by atoms with Gasteiger partial charge >= 0.3 is 6.09 Å². The van der Waals surface area contributed by atoms with Crippen LogP contribution >= 0.6 is 0 Å². The predicted octanol–water partition coefficient (Wildman–Crippen LogP) is 2.69. The summed E-state index contributed by atoms with van der Waals surface area (Å²) in [6.07, 6.45) is 2.87. The van der Waals surface area contributed by atoms with Gasteiger partial charge in [-0.3, -0.25) is 4.79 Å². The van der Waals surface area contributed by atoms with Gasteiger partial charge in [-0.25, -0.2) is 4.79 Å². The Balaban J connectivity index is 2.23. The minimum Gasteiger partial charge on any atom is -0.444 e. The lowest BCUT2D eigenvalue weighted by atomic mass is 9.92. The number of nitrogens with zero attached hydrogens (tertiary/aromatic N) is 2. The maximum absolute atomic E-state index is 12.0. The number of amides is 2. The molecule has 1 rings (SSSR count). The highest BCUT2D eigenvalue weighted by molar-refractivity contribution is 5.75. The van der Waals surface area contributed by atoms with Crippen molar-refractivity contribution in [2.75, 3.05) is 19.6 Å². The molecule has 1 saturated heterocycles. The normalized spacial score (nSPS) is 17.3. The Kier molecular flexibility index (Phi) is 7.34. The van der Waals surface area contributed by atoms with Gasteiger partial charge in [-0.1, -0.05) is 0 Å². The van der Waals surface area contributed by atoms with Crippen LogP contribution < -0.4 is 5.32 Å². The molecule has 6 nitrogen and oxygen atoms in total. The first kappa shape index (κ1) is 19.3. The summed E-state index contributed by atoms with van der Waals surface area (Å²) in [5.74, 6) is 0.311. The number of carbonyl (C=O) groups excluding carboxylic acids is 2. The summed E-state index contributed by atoms with van der Waals surface area (Å²) in [5.41, 5.74) is -0.466. The predicted molar refractivity (Wildman–Crippen MR) is 87.6 cm³/mol. The number of rotatable bonds is 5. The molecule has 0 bridgehead atoms. The summed E-state index contributed by atoms with van der Waals surface area (Å²) < 4.78 is 5.37. The van der Waals surface area contributed by atoms with Crippen molar-refractivity contribution in [1.82, 2.24) is 10.2 Å². The summed E-state index contributed by atoms with van der Waals surface area (Å²) in [6.45, 7) is 9.16. The molecule has 0 radical (unpaired) electrons. The van der Waals surface area contributed by atoms with E-state index in [1.165, 1.54) is 0 Å². The van der Waals surface area contributed by atoms with Gasteiger partial charge in [0.2, 0.25) is 5.91 Å². The van der Waals surface area contributed by atoms with E-state index in [1.54, 1.807) is 11.8 Å². The van der Waals surface area contributed by atoms with Crippen LogP contribution in [0.25, 0.3) is 0 Å². The summed E-state index contributed by atoms with van der Waals surface area (Å²) in [7, 11) is 0. The SMILES string of the molecule is CC(C#N)CNC(=O)CCC1CCN(C(=O)OC(C)(C)C)CC1. The molecule has 1 heterocycles. The van der Waals surface area contributed by atoms with E-state index >= 15 is 0 Å². The van der Waals surface area contributed by atoms with Crippen molar-refractivity contribution >= 4 is 12.0 Å². The summed E-state index contributed by atoms with van der Waals surface area (Å²) in [4.78, 5) is 25.5. The quantitative estimate of drug-likeness (QED) is 0.843. The summed E-state index contributed by atoms with van der Waals surface area (Å²) >= 11 is 0. The molecule has 0 aromatic rings. The van der Waals surface area contributed by atoms with E-state index < -0.39 is 5.60 Å². The highest BCUT2D eigenvalue weighted by Gasteiger charge is 2.26. The third kappa shape index (κ3) is 7.87. The van der Waals surface area contributed by atoms with Crippen LogP contribution in [-0.2, 0) is 9.53 Å². The van der Waals surface area contributed by atoms with Crippen LogP contribution in [0.2, 0.25) is 0 Å². The zero-order chi connectivity index (χ0) is 17.5. The molecule has 1 aliphatic heterocycles. The van der Waals surface area contributed by atoms with Gasteiger partial charge in [-0.05, 0) is 52.9 Å². The standard InChI is InChI=1S/C17H29N3O3/c1-13(11-18)12-19-15(21)6-5-14-7-9-20(10-8-14)16(22)23-17(2,3)4/h13-14H,5-10,12H2,1-4H3,(H,19,21). The molecule has 1 unspecified atom stereocenters. The lowest BCUT2D eigenvalue weighted by molar-refractivity contribution is -0.121. The number of ether oxygens (including phenoxy) is 1. The van der Waals surface area contributed by atoms with Crippen LogP contribution in [0, 0.1) is 23.2 Å². The fourth-order valence-corrected chi connectivity index (χ4v) is 2.47. The molecule has 23 heavy (non-hydrogen) atoms. The number of hydrogen-bond donors (Lipinski definition) is 1. The largest absolute Gasteiger partial charge is 0.444 e. The molecule has 1 fully saturated rings. The van der Waals surface area contributed by atoms with Crippen LogP contribution in [0.3, 0.4) is 0 Å².